The minimum atomic E-state index is -0.257. The number of nitrogens with one attached hydrogen (secondary N) is 1. The fourth-order valence-corrected chi connectivity index (χ4v) is 3.56. The number of hydrogen-bond acceptors (Lipinski definition) is 5. The van der Waals surface area contributed by atoms with Crippen LogP contribution in [0.25, 0.3) is 17.0 Å². The Morgan fingerprint density at radius 3 is 2.81 bits per heavy atom. The molecule has 0 atom stereocenters. The first-order chi connectivity index (χ1) is 15.0. The Morgan fingerprint density at radius 1 is 1.19 bits per heavy atom. The van der Waals surface area contributed by atoms with Crippen molar-refractivity contribution in [1.29, 1.82) is 0 Å². The molecule has 4 rings (SSSR count). The molecule has 2 aromatic carbocycles. The van der Waals surface area contributed by atoms with Crippen LogP contribution in [0, 0.1) is 0 Å². The molecule has 3 aromatic rings. The molecule has 0 aliphatic carbocycles. The maximum absolute atomic E-state index is 12.8. The molecule has 0 bridgehead atoms. The maximum atomic E-state index is 12.8. The van der Waals surface area contributed by atoms with Crippen LogP contribution in [0.2, 0.25) is 5.02 Å². The average Bonchev–Trinajstić information content (AvgIpc) is 2.76. The second-order valence-electron chi connectivity index (χ2n) is 7.17. The summed E-state index contributed by atoms with van der Waals surface area (Å²) in [4.78, 5) is 34.1. The lowest BCUT2D eigenvalue weighted by atomic mass is 10.1. The summed E-state index contributed by atoms with van der Waals surface area (Å²) < 4.78 is 11.1. The summed E-state index contributed by atoms with van der Waals surface area (Å²) in [7, 11) is 0. The molecule has 0 fully saturated rings. The zero-order valence-corrected chi connectivity index (χ0v) is 17.8. The summed E-state index contributed by atoms with van der Waals surface area (Å²) in [6.07, 6.45) is 4.02. The molecule has 1 N–H and O–H groups in total. The number of amides is 1. The lowest BCUT2D eigenvalue weighted by molar-refractivity contribution is -0.126. The fourth-order valence-electron chi connectivity index (χ4n) is 3.39. The van der Waals surface area contributed by atoms with Crippen LogP contribution >= 0.6 is 11.6 Å². The molecule has 7 nitrogen and oxygen atoms in total. The number of hydrogen-bond donors (Lipinski definition) is 1. The van der Waals surface area contributed by atoms with E-state index in [2.05, 4.69) is 9.97 Å². The van der Waals surface area contributed by atoms with Gasteiger partial charge in [0.2, 0.25) is 5.91 Å². The van der Waals surface area contributed by atoms with Crippen LogP contribution in [-0.4, -0.2) is 40.5 Å². The normalized spacial score (nSPS) is 13.0. The third kappa shape index (κ3) is 4.88. The van der Waals surface area contributed by atoms with Gasteiger partial charge in [-0.3, -0.25) is 9.59 Å². The fraction of sp³-hybridized carbons (Fsp3) is 0.261. The number of ether oxygens (including phenoxy) is 2. The molecule has 31 heavy (non-hydrogen) atoms. The minimum Gasteiger partial charge on any atom is -0.486 e. The van der Waals surface area contributed by atoms with Gasteiger partial charge in [0, 0.05) is 17.6 Å². The van der Waals surface area contributed by atoms with E-state index in [1.165, 1.54) is 6.08 Å². The number of aromatic nitrogens is 2. The van der Waals surface area contributed by atoms with Crippen LogP contribution in [0.4, 0.5) is 0 Å². The van der Waals surface area contributed by atoms with Gasteiger partial charge in [-0.1, -0.05) is 24.6 Å². The van der Waals surface area contributed by atoms with Gasteiger partial charge in [0.1, 0.15) is 19.0 Å². The molecule has 0 saturated heterocycles. The van der Waals surface area contributed by atoms with Gasteiger partial charge in [-0.15, -0.1) is 0 Å². The van der Waals surface area contributed by atoms with Crippen molar-refractivity contribution in [2.75, 3.05) is 19.8 Å². The van der Waals surface area contributed by atoms with Crippen molar-refractivity contribution in [1.82, 2.24) is 14.9 Å². The number of rotatable bonds is 6. The highest BCUT2D eigenvalue weighted by Gasteiger charge is 2.14. The van der Waals surface area contributed by atoms with E-state index < -0.39 is 0 Å². The van der Waals surface area contributed by atoms with E-state index in [1.807, 2.05) is 25.1 Å². The number of aromatic amines is 1. The Labute approximate surface area is 184 Å². The smallest absolute Gasteiger partial charge is 0.258 e. The quantitative estimate of drug-likeness (QED) is 0.590. The molecule has 160 valence electrons. The predicted octanol–water partition coefficient (Wildman–Crippen LogP) is 3.80. The lowest BCUT2D eigenvalue weighted by Gasteiger charge is -2.20. The van der Waals surface area contributed by atoms with Crippen molar-refractivity contribution in [2.45, 2.75) is 19.9 Å². The van der Waals surface area contributed by atoms with Gasteiger partial charge in [-0.05, 0) is 48.4 Å². The first-order valence-electron chi connectivity index (χ1n) is 10.1. The van der Waals surface area contributed by atoms with Gasteiger partial charge in [0.25, 0.3) is 5.56 Å². The van der Waals surface area contributed by atoms with Crippen LogP contribution in [0.5, 0.6) is 11.5 Å². The molecule has 0 unspecified atom stereocenters. The Bertz CT molecular complexity index is 1210. The second-order valence-corrected chi connectivity index (χ2v) is 7.61. The van der Waals surface area contributed by atoms with Crippen LogP contribution in [-0.2, 0) is 11.3 Å². The number of fused-ring (bicyclic) bond motifs is 2. The largest absolute Gasteiger partial charge is 0.486 e. The van der Waals surface area contributed by atoms with Gasteiger partial charge in [0.15, 0.2) is 11.5 Å². The number of H-pyrrole nitrogens is 1. The number of benzene rings is 2. The molecule has 1 aliphatic heterocycles. The first-order valence-corrected chi connectivity index (χ1v) is 10.5. The Kier molecular flexibility index (Phi) is 6.23. The minimum absolute atomic E-state index is 0.175. The van der Waals surface area contributed by atoms with Crippen LogP contribution in [0.15, 0.2) is 47.3 Å². The Hall–Kier alpha value is -3.32. The summed E-state index contributed by atoms with van der Waals surface area (Å²) in [5.74, 6) is 1.61. The van der Waals surface area contributed by atoms with Crippen LogP contribution in [0.3, 0.4) is 0 Å². The van der Waals surface area contributed by atoms with E-state index in [4.69, 9.17) is 21.1 Å². The maximum Gasteiger partial charge on any atom is 0.258 e. The third-order valence-corrected chi connectivity index (χ3v) is 5.08. The highest BCUT2D eigenvalue weighted by Crippen LogP contribution is 2.31. The third-order valence-electron chi connectivity index (χ3n) is 4.85. The van der Waals surface area contributed by atoms with Crippen molar-refractivity contribution >= 4 is 34.5 Å². The van der Waals surface area contributed by atoms with E-state index in [9.17, 15) is 9.59 Å². The molecule has 0 spiro atoms. The van der Waals surface area contributed by atoms with E-state index in [-0.39, 0.29) is 18.0 Å². The standard InChI is InChI=1S/C23H22ClN3O4/c1-2-9-27(14-21-25-18-13-16(24)5-6-17(18)23(29)26-21)22(28)8-4-15-3-7-19-20(12-15)31-11-10-30-19/h3-8,12-13H,2,9-11,14H2,1H3,(H,25,26,29)/b8-4+. The van der Waals surface area contributed by atoms with E-state index in [0.29, 0.717) is 53.0 Å². The van der Waals surface area contributed by atoms with E-state index >= 15 is 0 Å². The van der Waals surface area contributed by atoms with E-state index in [1.54, 1.807) is 29.2 Å². The van der Waals surface area contributed by atoms with Gasteiger partial charge < -0.3 is 19.4 Å². The van der Waals surface area contributed by atoms with Gasteiger partial charge in [0.05, 0.1) is 17.4 Å². The van der Waals surface area contributed by atoms with Gasteiger partial charge in [-0.2, -0.15) is 0 Å². The molecule has 8 heteroatoms. The van der Waals surface area contributed by atoms with Crippen LogP contribution in [0.1, 0.15) is 24.7 Å². The second kappa shape index (κ2) is 9.22. The molecule has 1 amide bonds. The first kappa shape index (κ1) is 20.9. The predicted molar refractivity (Wildman–Crippen MR) is 120 cm³/mol. The van der Waals surface area contributed by atoms with E-state index in [0.717, 1.165) is 12.0 Å². The van der Waals surface area contributed by atoms with Gasteiger partial charge >= 0.3 is 0 Å². The number of carbonyl (C=O) groups is 1. The summed E-state index contributed by atoms with van der Waals surface area (Å²) in [5.41, 5.74) is 1.08. The Balaban J connectivity index is 1.53. The molecule has 0 radical (unpaired) electrons. The monoisotopic (exact) mass is 439 g/mol. The van der Waals surface area contributed by atoms with Crippen molar-refractivity contribution < 1.29 is 14.3 Å². The van der Waals surface area contributed by atoms with Crippen molar-refractivity contribution in [3.05, 3.63) is 69.2 Å². The van der Waals surface area contributed by atoms with Gasteiger partial charge in [-0.25, -0.2) is 4.98 Å². The summed E-state index contributed by atoms with van der Waals surface area (Å²) >= 11 is 6.03. The van der Waals surface area contributed by atoms with Crippen molar-refractivity contribution in [3.63, 3.8) is 0 Å². The van der Waals surface area contributed by atoms with Crippen molar-refractivity contribution in [2.24, 2.45) is 0 Å². The average molecular weight is 440 g/mol. The SMILES string of the molecule is CCCN(Cc1nc2cc(Cl)ccc2c(=O)[nH]1)C(=O)/C=C/c1ccc2c(c1)OCCO2. The highest BCUT2D eigenvalue weighted by atomic mass is 35.5. The molecular formula is C23H22ClN3O4. The summed E-state index contributed by atoms with van der Waals surface area (Å²) in [5, 5.41) is 0.959. The number of carbonyl (C=O) groups excluding carboxylic acids is 1. The number of nitrogens with zero attached hydrogens (tertiary/aromatic N) is 2. The molecule has 1 aliphatic rings. The number of halogens is 1. The lowest BCUT2D eigenvalue weighted by Crippen LogP contribution is -2.31. The summed E-state index contributed by atoms with van der Waals surface area (Å²) in [6, 6.07) is 10.5. The highest BCUT2D eigenvalue weighted by molar-refractivity contribution is 6.31. The zero-order chi connectivity index (χ0) is 21.8. The topological polar surface area (TPSA) is 84.5 Å². The zero-order valence-electron chi connectivity index (χ0n) is 17.1. The molecule has 0 saturated carbocycles. The van der Waals surface area contributed by atoms with Crippen molar-refractivity contribution in [3.8, 4) is 11.5 Å². The summed E-state index contributed by atoms with van der Waals surface area (Å²) in [6.45, 7) is 3.74. The Morgan fingerprint density at radius 2 is 2.00 bits per heavy atom. The molecular weight excluding hydrogens is 418 g/mol. The van der Waals surface area contributed by atoms with Crippen LogP contribution < -0.4 is 15.0 Å². The molecule has 2 heterocycles. The molecule has 1 aromatic heterocycles.